The highest BCUT2D eigenvalue weighted by atomic mass is 16.5. The van der Waals surface area contributed by atoms with Crippen molar-refractivity contribution in [1.29, 1.82) is 0 Å². The van der Waals surface area contributed by atoms with E-state index in [9.17, 15) is 0 Å². The van der Waals surface area contributed by atoms with Gasteiger partial charge in [0.15, 0.2) is 0 Å². The van der Waals surface area contributed by atoms with Gasteiger partial charge in [-0.3, -0.25) is 0 Å². The van der Waals surface area contributed by atoms with Crippen molar-refractivity contribution in [3.05, 3.63) is 65.7 Å². The summed E-state index contributed by atoms with van der Waals surface area (Å²) in [6, 6.07) is 16.4. The lowest BCUT2D eigenvalue weighted by atomic mass is 10.0. The third-order valence-corrected chi connectivity index (χ3v) is 3.21. The van der Waals surface area contributed by atoms with Crippen molar-refractivity contribution < 1.29 is 4.74 Å². The third kappa shape index (κ3) is 3.41. The Morgan fingerprint density at radius 2 is 1.80 bits per heavy atom. The van der Waals surface area contributed by atoms with E-state index in [4.69, 9.17) is 4.74 Å². The molecule has 0 fully saturated rings. The molecule has 0 saturated carbocycles. The third-order valence-electron chi connectivity index (χ3n) is 3.21. The maximum atomic E-state index is 5.18. The Kier molecular flexibility index (Phi) is 4.83. The molecule has 2 aromatic rings. The van der Waals surface area contributed by atoms with Gasteiger partial charge in [-0.1, -0.05) is 37.3 Å². The smallest absolute Gasteiger partial charge is 0.119 e. The fourth-order valence-electron chi connectivity index (χ4n) is 2.14. The Hall–Kier alpha value is -2.22. The van der Waals surface area contributed by atoms with Crippen LogP contribution in [0.15, 0.2) is 54.6 Å². The molecule has 0 aromatic heterocycles. The molecule has 2 nitrogen and oxygen atoms in total. The van der Waals surface area contributed by atoms with Crippen LogP contribution in [0.1, 0.15) is 24.5 Å². The lowest BCUT2D eigenvalue weighted by Gasteiger charge is -2.14. The highest BCUT2D eigenvalue weighted by Gasteiger charge is 2.04. The van der Waals surface area contributed by atoms with E-state index in [0.29, 0.717) is 0 Å². The van der Waals surface area contributed by atoms with Gasteiger partial charge in [0.1, 0.15) is 5.75 Å². The summed E-state index contributed by atoms with van der Waals surface area (Å²) in [6.45, 7) is 4.28. The van der Waals surface area contributed by atoms with Crippen LogP contribution in [0.25, 0.3) is 5.70 Å². The van der Waals surface area contributed by atoms with Gasteiger partial charge in [0.05, 0.1) is 7.11 Å². The molecule has 0 heterocycles. The quantitative estimate of drug-likeness (QED) is 0.834. The van der Waals surface area contributed by atoms with Gasteiger partial charge in [0.25, 0.3) is 0 Å². The van der Waals surface area contributed by atoms with E-state index < -0.39 is 0 Å². The van der Waals surface area contributed by atoms with Crippen LogP contribution >= 0.6 is 0 Å². The normalized spacial score (nSPS) is 11.2. The predicted molar refractivity (Wildman–Crippen MR) is 86.1 cm³/mol. The van der Waals surface area contributed by atoms with Crippen LogP contribution in [0.4, 0.5) is 5.69 Å². The summed E-state index contributed by atoms with van der Waals surface area (Å²) in [5.74, 6) is 0.868. The number of benzene rings is 2. The SMILES string of the molecule is CC/C=C(/Nc1ccc(OC)cc1)c1ccccc1C. The van der Waals surface area contributed by atoms with E-state index in [1.807, 2.05) is 24.3 Å². The van der Waals surface area contributed by atoms with Crippen molar-refractivity contribution >= 4 is 11.4 Å². The monoisotopic (exact) mass is 267 g/mol. The number of rotatable bonds is 5. The molecule has 2 aromatic carbocycles. The fourth-order valence-corrected chi connectivity index (χ4v) is 2.14. The van der Waals surface area contributed by atoms with Crippen LogP contribution in [-0.4, -0.2) is 7.11 Å². The molecule has 0 aliphatic heterocycles. The highest BCUT2D eigenvalue weighted by molar-refractivity contribution is 5.78. The number of hydrogen-bond donors (Lipinski definition) is 1. The van der Waals surface area contributed by atoms with Gasteiger partial charge in [0, 0.05) is 16.9 Å². The first-order valence-corrected chi connectivity index (χ1v) is 6.92. The second-order valence-electron chi connectivity index (χ2n) is 4.69. The summed E-state index contributed by atoms with van der Waals surface area (Å²) in [7, 11) is 1.68. The molecular weight excluding hydrogens is 246 g/mol. The van der Waals surface area contributed by atoms with Gasteiger partial charge in [-0.25, -0.2) is 0 Å². The van der Waals surface area contributed by atoms with E-state index >= 15 is 0 Å². The minimum Gasteiger partial charge on any atom is -0.497 e. The van der Waals surface area contributed by atoms with E-state index in [0.717, 1.165) is 23.6 Å². The summed E-state index contributed by atoms with van der Waals surface area (Å²) in [5, 5.41) is 3.49. The molecule has 0 atom stereocenters. The molecule has 0 bridgehead atoms. The van der Waals surface area contributed by atoms with E-state index in [-0.39, 0.29) is 0 Å². The molecule has 104 valence electrons. The zero-order valence-corrected chi connectivity index (χ0v) is 12.3. The van der Waals surface area contributed by atoms with Gasteiger partial charge < -0.3 is 10.1 Å². The second kappa shape index (κ2) is 6.80. The minimum atomic E-state index is 0.868. The summed E-state index contributed by atoms with van der Waals surface area (Å²) in [5.41, 5.74) is 4.72. The van der Waals surface area contributed by atoms with Gasteiger partial charge in [-0.15, -0.1) is 0 Å². The maximum Gasteiger partial charge on any atom is 0.119 e. The van der Waals surface area contributed by atoms with Crippen molar-refractivity contribution in [2.75, 3.05) is 12.4 Å². The fraction of sp³-hybridized carbons (Fsp3) is 0.222. The molecule has 0 aliphatic carbocycles. The molecule has 0 spiro atoms. The molecule has 0 radical (unpaired) electrons. The first-order valence-electron chi connectivity index (χ1n) is 6.92. The number of methoxy groups -OCH3 is 1. The molecule has 0 aliphatic rings. The molecule has 0 amide bonds. The second-order valence-corrected chi connectivity index (χ2v) is 4.69. The van der Waals surface area contributed by atoms with Crippen LogP contribution in [0.3, 0.4) is 0 Å². The van der Waals surface area contributed by atoms with Crippen LogP contribution in [0, 0.1) is 6.92 Å². The number of anilines is 1. The summed E-state index contributed by atoms with van der Waals surface area (Å²) in [6.07, 6.45) is 3.21. The molecule has 2 rings (SSSR count). The summed E-state index contributed by atoms with van der Waals surface area (Å²) >= 11 is 0. The molecule has 0 saturated heterocycles. The van der Waals surface area contributed by atoms with Crippen molar-refractivity contribution in [2.24, 2.45) is 0 Å². The summed E-state index contributed by atoms with van der Waals surface area (Å²) < 4.78 is 5.18. The van der Waals surface area contributed by atoms with Crippen molar-refractivity contribution in [3.8, 4) is 5.75 Å². The minimum absolute atomic E-state index is 0.868. The van der Waals surface area contributed by atoms with Crippen LogP contribution in [0.2, 0.25) is 0 Å². The Bertz CT molecular complexity index is 585. The molecule has 1 N–H and O–H groups in total. The van der Waals surface area contributed by atoms with Crippen LogP contribution < -0.4 is 10.1 Å². The Balaban J connectivity index is 2.26. The molecule has 0 unspecified atom stereocenters. The Morgan fingerprint density at radius 3 is 2.40 bits per heavy atom. The average molecular weight is 267 g/mol. The lowest BCUT2D eigenvalue weighted by molar-refractivity contribution is 0.415. The van der Waals surface area contributed by atoms with Crippen LogP contribution in [0.5, 0.6) is 5.75 Å². The number of ether oxygens (including phenoxy) is 1. The number of allylic oxidation sites excluding steroid dienone is 1. The van der Waals surface area contributed by atoms with Gasteiger partial charge in [0.2, 0.25) is 0 Å². The van der Waals surface area contributed by atoms with Crippen LogP contribution in [-0.2, 0) is 0 Å². The Labute approximate surface area is 121 Å². The first kappa shape index (κ1) is 14.2. The number of aryl methyl sites for hydroxylation is 1. The molecular formula is C18H21NO. The Morgan fingerprint density at radius 1 is 1.10 bits per heavy atom. The molecule has 2 heteroatoms. The van der Waals surface area contributed by atoms with Gasteiger partial charge in [-0.2, -0.15) is 0 Å². The topological polar surface area (TPSA) is 21.3 Å². The highest BCUT2D eigenvalue weighted by Crippen LogP contribution is 2.23. The van der Waals surface area contributed by atoms with E-state index in [1.165, 1.54) is 11.1 Å². The largest absolute Gasteiger partial charge is 0.497 e. The van der Waals surface area contributed by atoms with Crippen molar-refractivity contribution in [2.45, 2.75) is 20.3 Å². The zero-order valence-electron chi connectivity index (χ0n) is 12.3. The van der Waals surface area contributed by atoms with Gasteiger partial charge >= 0.3 is 0 Å². The average Bonchev–Trinajstić information content (AvgIpc) is 2.48. The lowest BCUT2D eigenvalue weighted by Crippen LogP contribution is -2.00. The predicted octanol–water partition coefficient (Wildman–Crippen LogP) is 4.87. The standard InChI is InChI=1S/C18H21NO/c1-4-7-18(17-9-6-5-8-14(17)2)19-15-10-12-16(20-3)13-11-15/h5-13,19H,4H2,1-3H3/b18-7+. The first-order chi connectivity index (χ1) is 9.74. The number of nitrogens with one attached hydrogen (secondary N) is 1. The maximum absolute atomic E-state index is 5.18. The van der Waals surface area contributed by atoms with E-state index in [1.54, 1.807) is 7.11 Å². The van der Waals surface area contributed by atoms with Crippen molar-refractivity contribution in [1.82, 2.24) is 0 Å². The van der Waals surface area contributed by atoms with Gasteiger partial charge in [-0.05, 0) is 43.2 Å². The van der Waals surface area contributed by atoms with E-state index in [2.05, 4.69) is 49.5 Å². The molecule has 20 heavy (non-hydrogen) atoms. The zero-order chi connectivity index (χ0) is 14.4. The summed E-state index contributed by atoms with van der Waals surface area (Å²) in [4.78, 5) is 0. The number of hydrogen-bond acceptors (Lipinski definition) is 2. The van der Waals surface area contributed by atoms with Crippen molar-refractivity contribution in [3.63, 3.8) is 0 Å².